The van der Waals surface area contributed by atoms with Crippen molar-refractivity contribution in [3.8, 4) is 17.2 Å². The van der Waals surface area contributed by atoms with Gasteiger partial charge in [0.1, 0.15) is 34.4 Å². The van der Waals surface area contributed by atoms with Gasteiger partial charge in [0.05, 0.1) is 6.10 Å². The molecule has 0 bridgehead atoms. The highest BCUT2D eigenvalue weighted by Gasteiger charge is 2.36. The van der Waals surface area contributed by atoms with Crippen LogP contribution in [0.1, 0.15) is 38.3 Å². The van der Waals surface area contributed by atoms with Crippen molar-refractivity contribution < 1.29 is 21.9 Å². The molecular weight excluding hydrogens is 506 g/mol. The van der Waals surface area contributed by atoms with Gasteiger partial charge in [-0.15, -0.1) is 10.2 Å². The molecule has 3 heterocycles. The molecule has 4 rings (SSSR count). The van der Waals surface area contributed by atoms with Gasteiger partial charge in [-0.05, 0) is 51.5 Å². The molecule has 0 saturated carbocycles. The van der Waals surface area contributed by atoms with Crippen molar-refractivity contribution in [1.82, 2.24) is 34.5 Å². The molecule has 0 unspecified atom stereocenters. The number of sulfonamides is 1. The van der Waals surface area contributed by atoms with Crippen LogP contribution in [0.3, 0.4) is 0 Å². The molecule has 0 spiro atoms. The summed E-state index contributed by atoms with van der Waals surface area (Å²) in [5.41, 5.74) is 0.461. The van der Waals surface area contributed by atoms with Crippen LogP contribution in [0.2, 0.25) is 0 Å². The summed E-state index contributed by atoms with van der Waals surface area (Å²) in [6, 6.07) is 4.84. The number of para-hydroxylation sites is 1. The summed E-state index contributed by atoms with van der Waals surface area (Å²) in [6.07, 6.45) is 3.33. The number of hydrogen-bond donors (Lipinski definition) is 1. The Morgan fingerprint density at radius 1 is 1.03 bits per heavy atom. The summed E-state index contributed by atoms with van der Waals surface area (Å²) >= 11 is 0. The average Bonchev–Trinajstić information content (AvgIpc) is 3.43. The number of nitrogens with zero attached hydrogens (tertiary/aromatic N) is 7. The molecular formula is C23H26F2N8O3S. The van der Waals surface area contributed by atoms with Gasteiger partial charge in [0.15, 0.2) is 11.6 Å². The van der Waals surface area contributed by atoms with Crippen LogP contribution < -0.4 is 4.72 Å². The minimum atomic E-state index is -4.29. The fourth-order valence-electron chi connectivity index (χ4n) is 3.57. The lowest BCUT2D eigenvalue weighted by Gasteiger charge is -2.25. The van der Waals surface area contributed by atoms with Crippen LogP contribution in [-0.4, -0.2) is 54.3 Å². The summed E-state index contributed by atoms with van der Waals surface area (Å²) < 4.78 is 67.4. The van der Waals surface area contributed by atoms with Crippen LogP contribution in [-0.2, 0) is 21.8 Å². The van der Waals surface area contributed by atoms with E-state index in [4.69, 9.17) is 4.74 Å². The lowest BCUT2D eigenvalue weighted by molar-refractivity contribution is 0.00152. The monoisotopic (exact) mass is 532 g/mol. The Morgan fingerprint density at radius 3 is 2.24 bits per heavy atom. The van der Waals surface area contributed by atoms with E-state index in [-0.39, 0.29) is 23.4 Å². The van der Waals surface area contributed by atoms with E-state index in [1.165, 1.54) is 17.7 Å². The maximum Gasteiger partial charge on any atom is 0.243 e. The number of aromatic nitrogens is 7. The number of aryl methyl sites for hydroxylation is 2. The van der Waals surface area contributed by atoms with Crippen molar-refractivity contribution in [2.75, 3.05) is 4.72 Å². The van der Waals surface area contributed by atoms with Crippen molar-refractivity contribution in [3.63, 3.8) is 0 Å². The van der Waals surface area contributed by atoms with Crippen molar-refractivity contribution >= 4 is 16.0 Å². The fourth-order valence-corrected chi connectivity index (χ4v) is 4.66. The first-order chi connectivity index (χ1) is 17.5. The lowest BCUT2D eigenvalue weighted by atomic mass is 10.2. The van der Waals surface area contributed by atoms with E-state index in [2.05, 4.69) is 30.0 Å². The van der Waals surface area contributed by atoms with Crippen LogP contribution in [0.15, 0.2) is 42.9 Å². The Bertz CT molecular complexity index is 1480. The summed E-state index contributed by atoms with van der Waals surface area (Å²) in [5, 5.41) is 10.9. The molecule has 3 aromatic heterocycles. The third-order valence-electron chi connectivity index (χ3n) is 5.39. The molecule has 0 aliphatic carbocycles. The molecule has 37 heavy (non-hydrogen) atoms. The van der Waals surface area contributed by atoms with Crippen LogP contribution in [0.4, 0.5) is 14.7 Å². The third kappa shape index (κ3) is 5.49. The zero-order valence-corrected chi connectivity index (χ0v) is 21.6. The fraction of sp³-hybridized carbons (Fsp3) is 0.348. The molecule has 11 nitrogen and oxygen atoms in total. The number of nitrogens with one attached hydrogen (secondary N) is 1. The summed E-state index contributed by atoms with van der Waals surface area (Å²) in [5.74, 6) is -2.21. The van der Waals surface area contributed by atoms with Gasteiger partial charge >= 0.3 is 0 Å². The van der Waals surface area contributed by atoms with Crippen molar-refractivity contribution in [2.45, 2.75) is 45.2 Å². The number of benzene rings is 1. The molecule has 1 aromatic carbocycles. The number of halogens is 2. The van der Waals surface area contributed by atoms with Crippen LogP contribution in [0, 0.1) is 18.6 Å². The summed E-state index contributed by atoms with van der Waals surface area (Å²) in [4.78, 5) is 8.47. The lowest BCUT2D eigenvalue weighted by Crippen LogP contribution is -2.35. The Hall–Kier alpha value is -3.78. The second-order valence-electron chi connectivity index (χ2n) is 8.70. The highest BCUT2D eigenvalue weighted by atomic mass is 32.2. The molecule has 0 amide bonds. The maximum atomic E-state index is 14.9. The first-order valence-corrected chi connectivity index (χ1v) is 12.9. The first-order valence-electron chi connectivity index (χ1n) is 11.3. The molecule has 1 N–H and O–H groups in total. The number of ether oxygens (including phenoxy) is 1. The van der Waals surface area contributed by atoms with Crippen LogP contribution in [0.5, 0.6) is 0 Å². The topological polar surface area (TPSA) is 130 Å². The molecule has 196 valence electrons. The smallest absolute Gasteiger partial charge is 0.243 e. The van der Waals surface area contributed by atoms with Gasteiger partial charge in [-0.3, -0.25) is 14.0 Å². The molecule has 0 aliphatic rings. The highest BCUT2D eigenvalue weighted by molar-refractivity contribution is 7.93. The predicted molar refractivity (Wildman–Crippen MR) is 131 cm³/mol. The van der Waals surface area contributed by atoms with Crippen molar-refractivity contribution in [3.05, 3.63) is 65.9 Å². The van der Waals surface area contributed by atoms with Gasteiger partial charge in [0.25, 0.3) is 0 Å². The largest absolute Gasteiger partial charge is 0.366 e. The van der Waals surface area contributed by atoms with Gasteiger partial charge in [-0.2, -0.15) is 5.10 Å². The Labute approximate surface area is 212 Å². The standard InChI is InChI=1S/C23H26F2N8O3S/c1-13(2)36-20(21-26-11-14(3)12-27-21)15(4)37(34,35)31-23-29-28-22(18-9-10-32(5)30-18)33(23)19-16(24)7-6-8-17(19)25/h6-13,15,20H,1-5H3,(H,29,31)/t15-,20+/m0/s1. The van der Waals surface area contributed by atoms with Gasteiger partial charge in [0.2, 0.25) is 16.0 Å². The molecule has 0 saturated heterocycles. The third-order valence-corrected chi connectivity index (χ3v) is 7.08. The van der Waals surface area contributed by atoms with E-state index in [1.54, 1.807) is 52.5 Å². The second-order valence-corrected chi connectivity index (χ2v) is 10.7. The quantitative estimate of drug-likeness (QED) is 0.347. The van der Waals surface area contributed by atoms with Crippen LogP contribution >= 0.6 is 0 Å². The number of anilines is 1. The molecule has 14 heteroatoms. The highest BCUT2D eigenvalue weighted by Crippen LogP contribution is 2.30. The van der Waals surface area contributed by atoms with E-state index < -0.39 is 44.6 Å². The minimum absolute atomic E-state index is 0.0631. The Balaban J connectivity index is 1.79. The molecule has 4 aromatic rings. The molecule has 0 fully saturated rings. The van der Waals surface area contributed by atoms with E-state index >= 15 is 0 Å². The Kier molecular flexibility index (Phi) is 7.32. The Morgan fingerprint density at radius 2 is 1.68 bits per heavy atom. The molecule has 0 aliphatic heterocycles. The van der Waals surface area contributed by atoms with Gasteiger partial charge < -0.3 is 4.74 Å². The normalized spacial score (nSPS) is 13.6. The van der Waals surface area contributed by atoms with Crippen molar-refractivity contribution in [1.29, 1.82) is 0 Å². The van der Waals surface area contributed by atoms with Gasteiger partial charge in [0, 0.05) is 25.6 Å². The van der Waals surface area contributed by atoms with Crippen molar-refractivity contribution in [2.24, 2.45) is 7.05 Å². The van der Waals surface area contributed by atoms with E-state index in [0.717, 1.165) is 22.3 Å². The number of hydrogen-bond acceptors (Lipinski definition) is 8. The average molecular weight is 533 g/mol. The maximum absolute atomic E-state index is 14.9. The van der Waals surface area contributed by atoms with E-state index in [1.807, 2.05) is 0 Å². The van der Waals surface area contributed by atoms with E-state index in [0.29, 0.717) is 0 Å². The molecule has 2 atom stereocenters. The number of rotatable bonds is 9. The van der Waals surface area contributed by atoms with Crippen LogP contribution in [0.25, 0.3) is 17.2 Å². The zero-order chi connectivity index (χ0) is 26.9. The first kappa shape index (κ1) is 26.3. The summed E-state index contributed by atoms with van der Waals surface area (Å²) in [6.45, 7) is 6.73. The SMILES string of the molecule is Cc1cnc([C@H](OC(C)C)[C@H](C)S(=O)(=O)Nc2nnc(-c3ccn(C)n3)n2-c2c(F)cccc2F)nc1. The summed E-state index contributed by atoms with van der Waals surface area (Å²) in [7, 11) is -2.63. The minimum Gasteiger partial charge on any atom is -0.366 e. The van der Waals surface area contributed by atoms with Gasteiger partial charge in [-0.1, -0.05) is 6.07 Å². The predicted octanol–water partition coefficient (Wildman–Crippen LogP) is 3.34. The zero-order valence-electron chi connectivity index (χ0n) is 20.8. The molecule has 0 radical (unpaired) electrons. The van der Waals surface area contributed by atoms with Gasteiger partial charge in [-0.25, -0.2) is 27.2 Å². The van der Waals surface area contributed by atoms with E-state index in [9.17, 15) is 17.2 Å². The second kappa shape index (κ2) is 10.3.